The van der Waals surface area contributed by atoms with Crippen LogP contribution in [0.5, 0.6) is 5.75 Å². The number of aromatic hydroxyl groups is 1. The van der Waals surface area contributed by atoms with Crippen LogP contribution in [-0.2, 0) is 4.79 Å². The molecule has 24 heavy (non-hydrogen) atoms. The van der Waals surface area contributed by atoms with Gasteiger partial charge in [0.25, 0.3) is 0 Å². The fourth-order valence-electron chi connectivity index (χ4n) is 3.01. The number of hydrogen-bond donors (Lipinski definition) is 2. The van der Waals surface area contributed by atoms with Crippen molar-refractivity contribution < 1.29 is 14.3 Å². The Hall–Kier alpha value is -3.15. The van der Waals surface area contributed by atoms with Crippen molar-refractivity contribution in [2.75, 3.05) is 5.32 Å². The van der Waals surface area contributed by atoms with Gasteiger partial charge in [0, 0.05) is 12.3 Å². The van der Waals surface area contributed by atoms with Gasteiger partial charge >= 0.3 is 0 Å². The SMILES string of the molecule is O=C1C[C@@H](c2ccc(O)cc2)c2ncn(-c3cccc(F)c3)c2N1. The minimum absolute atomic E-state index is 0.126. The number of carbonyl (C=O) groups excluding carboxylic acids is 1. The molecule has 1 aliphatic heterocycles. The van der Waals surface area contributed by atoms with Crippen LogP contribution >= 0.6 is 0 Å². The topological polar surface area (TPSA) is 67.1 Å². The number of imidazole rings is 1. The van der Waals surface area contributed by atoms with Crippen LogP contribution in [-0.4, -0.2) is 20.6 Å². The van der Waals surface area contributed by atoms with Crippen molar-refractivity contribution in [3.05, 3.63) is 71.9 Å². The Labute approximate surface area is 137 Å². The molecule has 0 saturated carbocycles. The van der Waals surface area contributed by atoms with Crippen LogP contribution in [0.3, 0.4) is 0 Å². The first-order chi connectivity index (χ1) is 11.6. The van der Waals surface area contributed by atoms with Gasteiger partial charge in [-0.05, 0) is 35.9 Å². The maximum Gasteiger partial charge on any atom is 0.226 e. The van der Waals surface area contributed by atoms with Gasteiger partial charge in [0.15, 0.2) is 0 Å². The Morgan fingerprint density at radius 1 is 1.21 bits per heavy atom. The van der Waals surface area contributed by atoms with Gasteiger partial charge in [-0.25, -0.2) is 9.37 Å². The maximum absolute atomic E-state index is 13.5. The van der Waals surface area contributed by atoms with Gasteiger partial charge in [0.1, 0.15) is 23.7 Å². The number of phenols is 1. The third-order valence-corrected chi connectivity index (χ3v) is 4.16. The van der Waals surface area contributed by atoms with E-state index in [0.717, 1.165) is 11.3 Å². The molecule has 1 aromatic heterocycles. The molecule has 120 valence electrons. The molecule has 0 bridgehead atoms. The molecule has 2 aromatic carbocycles. The van der Waals surface area contributed by atoms with Crippen molar-refractivity contribution in [1.82, 2.24) is 9.55 Å². The number of fused-ring (bicyclic) bond motifs is 1. The fourth-order valence-corrected chi connectivity index (χ4v) is 3.01. The van der Waals surface area contributed by atoms with Crippen LogP contribution in [0.25, 0.3) is 5.69 Å². The second-order valence-corrected chi connectivity index (χ2v) is 5.72. The highest BCUT2D eigenvalue weighted by Gasteiger charge is 2.30. The first-order valence-corrected chi connectivity index (χ1v) is 7.54. The number of phenolic OH excluding ortho intramolecular Hbond substituents is 1. The number of nitrogens with zero attached hydrogens (tertiary/aromatic N) is 2. The lowest BCUT2D eigenvalue weighted by Gasteiger charge is -2.23. The van der Waals surface area contributed by atoms with E-state index in [1.807, 2.05) is 0 Å². The van der Waals surface area contributed by atoms with Crippen LogP contribution in [0.4, 0.5) is 10.2 Å². The van der Waals surface area contributed by atoms with Gasteiger partial charge in [0.2, 0.25) is 5.91 Å². The van der Waals surface area contributed by atoms with Gasteiger partial charge in [-0.1, -0.05) is 18.2 Å². The third-order valence-electron chi connectivity index (χ3n) is 4.16. The van der Waals surface area contributed by atoms with Crippen LogP contribution < -0.4 is 5.32 Å². The lowest BCUT2D eigenvalue weighted by Crippen LogP contribution is -2.24. The normalized spacial score (nSPS) is 16.5. The molecule has 0 radical (unpaired) electrons. The van der Waals surface area contributed by atoms with Crippen molar-refractivity contribution >= 4 is 11.7 Å². The van der Waals surface area contributed by atoms with E-state index in [1.54, 1.807) is 47.3 Å². The Morgan fingerprint density at radius 2 is 2.00 bits per heavy atom. The summed E-state index contributed by atoms with van der Waals surface area (Å²) in [6.45, 7) is 0. The van der Waals surface area contributed by atoms with Gasteiger partial charge in [-0.2, -0.15) is 0 Å². The van der Waals surface area contributed by atoms with Crippen LogP contribution in [0, 0.1) is 5.82 Å². The lowest BCUT2D eigenvalue weighted by molar-refractivity contribution is -0.116. The number of aromatic nitrogens is 2. The molecule has 5 nitrogen and oxygen atoms in total. The summed E-state index contributed by atoms with van der Waals surface area (Å²) in [5.74, 6) is 0.0366. The van der Waals surface area contributed by atoms with Crippen LogP contribution in [0.15, 0.2) is 54.9 Å². The summed E-state index contributed by atoms with van der Waals surface area (Å²) in [5.41, 5.74) is 2.22. The zero-order valence-electron chi connectivity index (χ0n) is 12.6. The van der Waals surface area contributed by atoms with Crippen molar-refractivity contribution in [2.24, 2.45) is 0 Å². The minimum Gasteiger partial charge on any atom is -0.508 e. The zero-order valence-corrected chi connectivity index (χ0v) is 12.6. The van der Waals surface area contributed by atoms with E-state index in [2.05, 4.69) is 10.3 Å². The molecule has 0 aliphatic carbocycles. The van der Waals surface area contributed by atoms with Crippen molar-refractivity contribution in [2.45, 2.75) is 12.3 Å². The Balaban J connectivity index is 1.81. The van der Waals surface area contributed by atoms with E-state index in [1.165, 1.54) is 12.1 Å². The molecule has 0 fully saturated rings. The van der Waals surface area contributed by atoms with E-state index in [0.29, 0.717) is 11.5 Å². The van der Waals surface area contributed by atoms with Gasteiger partial charge in [0.05, 0.1) is 11.4 Å². The van der Waals surface area contributed by atoms with Gasteiger partial charge in [-0.15, -0.1) is 0 Å². The lowest BCUT2D eigenvalue weighted by atomic mass is 9.90. The highest BCUT2D eigenvalue weighted by atomic mass is 19.1. The summed E-state index contributed by atoms with van der Waals surface area (Å²) in [4.78, 5) is 16.6. The Bertz CT molecular complexity index is 918. The van der Waals surface area contributed by atoms with E-state index in [-0.39, 0.29) is 29.8 Å². The second-order valence-electron chi connectivity index (χ2n) is 5.72. The number of rotatable bonds is 2. The third kappa shape index (κ3) is 2.42. The standard InChI is InChI=1S/C18H14FN3O2/c19-12-2-1-3-13(8-12)22-10-20-17-15(9-16(24)21-18(17)22)11-4-6-14(23)7-5-11/h1-8,10,15,23H,9H2,(H,21,24)/t15-/m0/s1. The Kier molecular flexibility index (Phi) is 3.30. The van der Waals surface area contributed by atoms with Crippen molar-refractivity contribution in [1.29, 1.82) is 0 Å². The summed E-state index contributed by atoms with van der Waals surface area (Å²) in [6, 6.07) is 12.9. The van der Waals surface area contributed by atoms with Crippen molar-refractivity contribution in [3.63, 3.8) is 0 Å². The van der Waals surface area contributed by atoms with E-state index < -0.39 is 0 Å². The van der Waals surface area contributed by atoms with Gasteiger partial charge < -0.3 is 10.4 Å². The number of nitrogens with one attached hydrogen (secondary N) is 1. The molecule has 0 saturated heterocycles. The predicted octanol–water partition coefficient (Wildman–Crippen LogP) is 3.19. The molecule has 3 aromatic rings. The molecular formula is C18H14FN3O2. The largest absolute Gasteiger partial charge is 0.508 e. The summed E-state index contributed by atoms with van der Waals surface area (Å²) in [5, 5.41) is 12.3. The average molecular weight is 323 g/mol. The minimum atomic E-state index is -0.354. The smallest absolute Gasteiger partial charge is 0.226 e. The molecule has 0 spiro atoms. The second kappa shape index (κ2) is 5.49. The first kappa shape index (κ1) is 14.4. The summed E-state index contributed by atoms with van der Waals surface area (Å²) in [7, 11) is 0. The molecule has 1 atom stereocenters. The number of anilines is 1. The molecular weight excluding hydrogens is 309 g/mol. The number of benzene rings is 2. The monoisotopic (exact) mass is 323 g/mol. The molecule has 1 aliphatic rings. The molecule has 0 unspecified atom stereocenters. The summed E-state index contributed by atoms with van der Waals surface area (Å²) in [6.07, 6.45) is 1.86. The summed E-state index contributed by atoms with van der Waals surface area (Å²) >= 11 is 0. The quantitative estimate of drug-likeness (QED) is 0.761. The molecule has 2 N–H and O–H groups in total. The highest BCUT2D eigenvalue weighted by molar-refractivity contribution is 5.94. The van der Waals surface area contributed by atoms with Crippen LogP contribution in [0.2, 0.25) is 0 Å². The number of halogens is 1. The maximum atomic E-state index is 13.5. The van der Waals surface area contributed by atoms with E-state index in [4.69, 9.17) is 0 Å². The summed E-state index contributed by atoms with van der Waals surface area (Å²) < 4.78 is 15.2. The predicted molar refractivity (Wildman–Crippen MR) is 86.7 cm³/mol. The number of hydrogen-bond acceptors (Lipinski definition) is 3. The number of amides is 1. The number of carbonyl (C=O) groups is 1. The highest BCUT2D eigenvalue weighted by Crippen LogP contribution is 2.37. The molecule has 6 heteroatoms. The molecule has 1 amide bonds. The van der Waals surface area contributed by atoms with Gasteiger partial charge in [-0.3, -0.25) is 9.36 Å². The van der Waals surface area contributed by atoms with E-state index >= 15 is 0 Å². The van der Waals surface area contributed by atoms with Crippen LogP contribution in [0.1, 0.15) is 23.6 Å². The average Bonchev–Trinajstić information content (AvgIpc) is 2.98. The van der Waals surface area contributed by atoms with Crippen molar-refractivity contribution in [3.8, 4) is 11.4 Å². The Morgan fingerprint density at radius 3 is 2.75 bits per heavy atom. The van der Waals surface area contributed by atoms with E-state index in [9.17, 15) is 14.3 Å². The zero-order chi connectivity index (χ0) is 16.7. The first-order valence-electron chi connectivity index (χ1n) is 7.54. The molecule has 4 rings (SSSR count). The fraction of sp³-hybridized carbons (Fsp3) is 0.111. The molecule has 2 heterocycles.